The molecule has 0 radical (unpaired) electrons. The Hall–Kier alpha value is -3.96. The minimum Gasteiger partial charge on any atom is -0.508 e. The lowest BCUT2D eigenvalue weighted by atomic mass is 10.0. The molecule has 2 rings (SSSR count). The minimum atomic E-state index is -1.23. The quantitative estimate of drug-likeness (QED) is 0.159. The molecule has 2 aromatic carbocycles. The van der Waals surface area contributed by atoms with Gasteiger partial charge in [-0.25, -0.2) is 4.79 Å². The van der Waals surface area contributed by atoms with Gasteiger partial charge in [-0.2, -0.15) is 0 Å². The predicted molar refractivity (Wildman–Crippen MR) is 137 cm³/mol. The van der Waals surface area contributed by atoms with Crippen LogP contribution in [0.5, 0.6) is 5.75 Å². The van der Waals surface area contributed by atoms with Gasteiger partial charge in [-0.1, -0.05) is 42.5 Å². The van der Waals surface area contributed by atoms with Crippen molar-refractivity contribution in [3.63, 3.8) is 0 Å². The third-order valence-electron chi connectivity index (χ3n) is 5.69. The number of carboxylic acids is 1. The van der Waals surface area contributed by atoms with Crippen LogP contribution in [0.1, 0.15) is 30.4 Å². The molecule has 9 N–H and O–H groups in total. The van der Waals surface area contributed by atoms with E-state index >= 15 is 0 Å². The van der Waals surface area contributed by atoms with E-state index in [0.29, 0.717) is 24.9 Å². The van der Waals surface area contributed by atoms with Gasteiger partial charge in [-0.15, -0.1) is 0 Å². The van der Waals surface area contributed by atoms with Crippen LogP contribution in [0.15, 0.2) is 54.6 Å². The van der Waals surface area contributed by atoms with Crippen molar-refractivity contribution in [2.45, 2.75) is 50.2 Å². The lowest BCUT2D eigenvalue weighted by Crippen LogP contribution is -2.57. The van der Waals surface area contributed by atoms with Crippen molar-refractivity contribution in [1.82, 2.24) is 16.0 Å². The first kappa shape index (κ1) is 29.3. The van der Waals surface area contributed by atoms with E-state index in [2.05, 4.69) is 16.0 Å². The highest BCUT2D eigenvalue weighted by molar-refractivity contribution is 5.93. The molecule has 3 atom stereocenters. The molecule has 3 unspecified atom stereocenters. The molecule has 11 heteroatoms. The minimum absolute atomic E-state index is 0.0237. The van der Waals surface area contributed by atoms with Crippen LogP contribution in [0.3, 0.4) is 0 Å². The monoisotopic (exact) mass is 513 g/mol. The van der Waals surface area contributed by atoms with Gasteiger partial charge in [0.25, 0.3) is 0 Å². The molecule has 0 spiro atoms. The zero-order chi connectivity index (χ0) is 27.2. The predicted octanol–water partition coefficient (Wildman–Crippen LogP) is -0.196. The summed E-state index contributed by atoms with van der Waals surface area (Å²) in [6.45, 7) is 0.112. The maximum atomic E-state index is 13.3. The van der Waals surface area contributed by atoms with E-state index in [-0.39, 0.29) is 31.6 Å². The largest absolute Gasteiger partial charge is 0.508 e. The number of phenols is 1. The van der Waals surface area contributed by atoms with Crippen LogP contribution in [0.25, 0.3) is 0 Å². The molecule has 0 aliphatic heterocycles. The lowest BCUT2D eigenvalue weighted by molar-refractivity contribution is -0.142. The molecular weight excluding hydrogens is 478 g/mol. The molecule has 0 bridgehead atoms. The molecule has 0 aromatic heterocycles. The Morgan fingerprint density at radius 3 is 1.89 bits per heavy atom. The van der Waals surface area contributed by atoms with Crippen molar-refractivity contribution in [3.8, 4) is 5.75 Å². The number of unbranched alkanes of at least 4 members (excludes halogenated alkanes) is 1. The molecular formula is C26H35N5O6. The third-order valence-corrected chi connectivity index (χ3v) is 5.69. The number of carboxylic acid groups (broad SMARTS) is 1. The number of aromatic hydroxyl groups is 1. The molecule has 11 nitrogen and oxygen atoms in total. The molecule has 3 amide bonds. The van der Waals surface area contributed by atoms with Crippen molar-refractivity contribution in [2.24, 2.45) is 11.5 Å². The normalized spacial score (nSPS) is 13.1. The number of carbonyl (C=O) groups is 4. The van der Waals surface area contributed by atoms with E-state index in [1.54, 1.807) is 42.5 Å². The van der Waals surface area contributed by atoms with E-state index in [0.717, 1.165) is 5.56 Å². The maximum absolute atomic E-state index is 13.3. The number of rotatable bonds is 15. The average Bonchev–Trinajstić information content (AvgIpc) is 2.88. The summed E-state index contributed by atoms with van der Waals surface area (Å²) in [5.41, 5.74) is 12.3. The number of phenolic OH excluding ortho intramolecular Hbond substituents is 1. The van der Waals surface area contributed by atoms with Crippen LogP contribution < -0.4 is 27.4 Å². The Balaban J connectivity index is 2.23. The highest BCUT2D eigenvalue weighted by Crippen LogP contribution is 2.13. The van der Waals surface area contributed by atoms with Gasteiger partial charge in [0.05, 0.1) is 6.54 Å². The molecule has 200 valence electrons. The highest BCUT2D eigenvalue weighted by Gasteiger charge is 2.29. The first-order valence-electron chi connectivity index (χ1n) is 12.1. The average molecular weight is 514 g/mol. The molecule has 0 aliphatic rings. The molecule has 0 saturated heterocycles. The van der Waals surface area contributed by atoms with Crippen molar-refractivity contribution in [1.29, 1.82) is 0 Å². The number of carbonyl (C=O) groups excluding carboxylic acids is 3. The number of amides is 3. The molecule has 0 saturated carbocycles. The third kappa shape index (κ3) is 10.3. The van der Waals surface area contributed by atoms with Gasteiger partial charge in [0.1, 0.15) is 23.9 Å². The smallest absolute Gasteiger partial charge is 0.326 e. The highest BCUT2D eigenvalue weighted by atomic mass is 16.4. The lowest BCUT2D eigenvalue weighted by Gasteiger charge is -2.25. The number of nitrogens with two attached hydrogens (primary N) is 2. The zero-order valence-electron chi connectivity index (χ0n) is 20.6. The summed E-state index contributed by atoms with van der Waals surface area (Å²) in [5.74, 6) is -3.02. The maximum Gasteiger partial charge on any atom is 0.326 e. The summed E-state index contributed by atoms with van der Waals surface area (Å²) in [5, 5.41) is 27.0. The summed E-state index contributed by atoms with van der Waals surface area (Å²) in [6, 6.07) is 11.6. The second-order valence-corrected chi connectivity index (χ2v) is 8.63. The Morgan fingerprint density at radius 1 is 0.730 bits per heavy atom. The first-order valence-corrected chi connectivity index (χ1v) is 12.1. The van der Waals surface area contributed by atoms with E-state index in [1.165, 1.54) is 12.1 Å². The Kier molecular flexibility index (Phi) is 12.0. The number of aliphatic carboxylic acids is 1. The van der Waals surface area contributed by atoms with E-state index in [4.69, 9.17) is 11.5 Å². The van der Waals surface area contributed by atoms with Gasteiger partial charge in [-0.3, -0.25) is 14.4 Å². The van der Waals surface area contributed by atoms with Crippen molar-refractivity contribution in [3.05, 3.63) is 65.7 Å². The van der Waals surface area contributed by atoms with Crippen LogP contribution >= 0.6 is 0 Å². The topological polar surface area (TPSA) is 197 Å². The Morgan fingerprint density at radius 2 is 1.30 bits per heavy atom. The fourth-order valence-corrected chi connectivity index (χ4v) is 3.69. The number of hydrogen-bond donors (Lipinski definition) is 7. The molecule has 37 heavy (non-hydrogen) atoms. The van der Waals surface area contributed by atoms with Crippen molar-refractivity contribution >= 4 is 23.7 Å². The van der Waals surface area contributed by atoms with Gasteiger partial charge in [0, 0.05) is 12.8 Å². The molecule has 2 aromatic rings. The first-order chi connectivity index (χ1) is 17.7. The van der Waals surface area contributed by atoms with Crippen molar-refractivity contribution in [2.75, 3.05) is 13.1 Å². The fourth-order valence-electron chi connectivity index (χ4n) is 3.69. The summed E-state index contributed by atoms with van der Waals surface area (Å²) in [4.78, 5) is 50.2. The summed E-state index contributed by atoms with van der Waals surface area (Å²) >= 11 is 0. The second kappa shape index (κ2) is 15.2. The van der Waals surface area contributed by atoms with Gasteiger partial charge in [-0.05, 0) is 49.1 Å². The summed E-state index contributed by atoms with van der Waals surface area (Å²) < 4.78 is 0. The number of nitrogens with one attached hydrogen (secondary N) is 3. The van der Waals surface area contributed by atoms with Gasteiger partial charge >= 0.3 is 5.97 Å². The van der Waals surface area contributed by atoms with Gasteiger partial charge in [0.15, 0.2) is 0 Å². The number of hydrogen-bond acceptors (Lipinski definition) is 7. The van der Waals surface area contributed by atoms with E-state index in [1.807, 2.05) is 0 Å². The molecule has 0 aliphatic carbocycles. The van der Waals surface area contributed by atoms with E-state index in [9.17, 15) is 29.4 Å². The molecule has 0 fully saturated rings. The van der Waals surface area contributed by atoms with Crippen LogP contribution in [0.2, 0.25) is 0 Å². The van der Waals surface area contributed by atoms with Gasteiger partial charge in [0.2, 0.25) is 17.7 Å². The van der Waals surface area contributed by atoms with Crippen LogP contribution in [0, 0.1) is 0 Å². The Bertz CT molecular complexity index is 1030. The zero-order valence-corrected chi connectivity index (χ0v) is 20.6. The van der Waals surface area contributed by atoms with Gasteiger partial charge < -0.3 is 37.6 Å². The van der Waals surface area contributed by atoms with Crippen LogP contribution in [0.4, 0.5) is 0 Å². The standard InChI is InChI=1S/C26H35N5O6/c27-13-5-4-8-20(29-23(33)16-28)24(34)30-21(14-18-9-11-19(32)12-10-18)25(35)31-22(26(36)37)15-17-6-2-1-3-7-17/h1-3,6-7,9-12,20-22,32H,4-5,8,13-16,27-28H2,(H,29,33)(H,30,34)(H,31,35)(H,36,37). The second-order valence-electron chi connectivity index (χ2n) is 8.63. The summed E-state index contributed by atoms with van der Waals surface area (Å²) in [7, 11) is 0. The summed E-state index contributed by atoms with van der Waals surface area (Å²) in [6.07, 6.45) is 1.56. The van der Waals surface area contributed by atoms with Crippen molar-refractivity contribution < 1.29 is 29.4 Å². The SMILES string of the molecule is NCCCCC(NC(=O)CN)C(=O)NC(Cc1ccc(O)cc1)C(=O)NC(Cc1ccccc1)C(=O)O. The molecule has 0 heterocycles. The fraction of sp³-hybridized carbons (Fsp3) is 0.385. The number of benzene rings is 2. The van der Waals surface area contributed by atoms with E-state index < -0.39 is 41.8 Å². The Labute approximate surface area is 215 Å². The van der Waals surface area contributed by atoms with Crippen LogP contribution in [-0.2, 0) is 32.0 Å². The van der Waals surface area contributed by atoms with Crippen LogP contribution in [-0.4, -0.2) is 65.1 Å².